The van der Waals surface area contributed by atoms with Gasteiger partial charge in [0.2, 0.25) is 5.90 Å². The largest absolute Gasteiger partial charge is 0.490 e. The molecule has 1 heterocycles. The van der Waals surface area contributed by atoms with Crippen LogP contribution in [0, 0.1) is 6.92 Å². The first-order valence-corrected chi connectivity index (χ1v) is 11.9. The summed E-state index contributed by atoms with van der Waals surface area (Å²) in [6.07, 6.45) is 1.68. The van der Waals surface area contributed by atoms with Crippen LogP contribution in [0.1, 0.15) is 29.2 Å². The monoisotopic (exact) mass is 569 g/mol. The van der Waals surface area contributed by atoms with Crippen LogP contribution in [0.3, 0.4) is 0 Å². The van der Waals surface area contributed by atoms with Gasteiger partial charge in [0.25, 0.3) is 0 Å². The highest BCUT2D eigenvalue weighted by atomic mass is 79.9. The molecular formula is C26H21Br2NO4. The molecule has 0 amide bonds. The van der Waals surface area contributed by atoms with Crippen molar-refractivity contribution >= 4 is 49.8 Å². The van der Waals surface area contributed by atoms with Crippen molar-refractivity contribution in [3.8, 4) is 11.5 Å². The average molecular weight is 571 g/mol. The lowest BCUT2D eigenvalue weighted by Gasteiger charge is -2.15. The molecule has 0 fully saturated rings. The molecule has 3 aromatic carbocycles. The number of carbonyl (C=O) groups is 1. The molecule has 0 aromatic heterocycles. The average Bonchev–Trinajstić information content (AvgIpc) is 3.14. The number of hydrogen-bond donors (Lipinski definition) is 0. The molecule has 1 aliphatic heterocycles. The number of rotatable bonds is 7. The Morgan fingerprint density at radius 2 is 1.82 bits per heavy atom. The third-order valence-corrected chi connectivity index (χ3v) is 5.91. The Morgan fingerprint density at radius 1 is 1.03 bits per heavy atom. The third kappa shape index (κ3) is 5.72. The summed E-state index contributed by atoms with van der Waals surface area (Å²) < 4.78 is 19.0. The van der Waals surface area contributed by atoms with E-state index in [1.165, 1.54) is 0 Å². The zero-order chi connectivity index (χ0) is 23.4. The standard InChI is InChI=1S/C26H21Br2NO4/c1-3-31-23-14-18(12-21(28)24(23)32-15-17-5-4-6-20(27)11-17)13-22-26(30)33-25(29-22)19-9-7-16(2)8-10-19/h4-14H,3,15H2,1-2H3/b22-13-. The van der Waals surface area contributed by atoms with Crippen molar-refractivity contribution < 1.29 is 19.0 Å². The maximum Gasteiger partial charge on any atom is 0.363 e. The van der Waals surface area contributed by atoms with Crippen LogP contribution in [0.4, 0.5) is 0 Å². The van der Waals surface area contributed by atoms with E-state index in [4.69, 9.17) is 14.2 Å². The number of benzene rings is 3. The molecule has 33 heavy (non-hydrogen) atoms. The van der Waals surface area contributed by atoms with Crippen molar-refractivity contribution in [2.75, 3.05) is 6.61 Å². The van der Waals surface area contributed by atoms with Gasteiger partial charge >= 0.3 is 5.97 Å². The summed E-state index contributed by atoms with van der Waals surface area (Å²) in [7, 11) is 0. The summed E-state index contributed by atoms with van der Waals surface area (Å²) >= 11 is 7.06. The van der Waals surface area contributed by atoms with Gasteiger partial charge in [-0.25, -0.2) is 9.79 Å². The molecule has 0 radical (unpaired) electrons. The van der Waals surface area contributed by atoms with Crippen LogP contribution in [0.2, 0.25) is 0 Å². The van der Waals surface area contributed by atoms with Crippen LogP contribution >= 0.6 is 31.9 Å². The molecule has 0 spiro atoms. The van der Waals surface area contributed by atoms with Gasteiger partial charge in [-0.1, -0.05) is 45.8 Å². The molecule has 0 aliphatic carbocycles. The Hall–Kier alpha value is -2.90. The summed E-state index contributed by atoms with van der Waals surface area (Å²) in [5.41, 5.74) is 3.86. The predicted octanol–water partition coefficient (Wildman–Crippen LogP) is 6.84. The fourth-order valence-electron chi connectivity index (χ4n) is 3.24. The molecule has 4 rings (SSSR count). The molecule has 168 valence electrons. The number of nitrogens with zero attached hydrogens (tertiary/aromatic N) is 1. The van der Waals surface area contributed by atoms with Crippen molar-refractivity contribution in [3.05, 3.63) is 97.6 Å². The highest BCUT2D eigenvalue weighted by molar-refractivity contribution is 9.10. The molecule has 3 aromatic rings. The Labute approximate surface area is 209 Å². The van der Waals surface area contributed by atoms with E-state index in [1.807, 2.05) is 74.5 Å². The van der Waals surface area contributed by atoms with Gasteiger partial charge in [0.05, 0.1) is 11.1 Å². The van der Waals surface area contributed by atoms with E-state index in [0.717, 1.165) is 26.7 Å². The minimum atomic E-state index is -0.491. The molecule has 5 nitrogen and oxygen atoms in total. The van der Waals surface area contributed by atoms with E-state index < -0.39 is 5.97 Å². The number of halogens is 2. The van der Waals surface area contributed by atoms with E-state index in [9.17, 15) is 4.79 Å². The topological polar surface area (TPSA) is 57.1 Å². The van der Waals surface area contributed by atoms with Crippen molar-refractivity contribution in [2.45, 2.75) is 20.5 Å². The summed E-state index contributed by atoms with van der Waals surface area (Å²) in [4.78, 5) is 16.8. The van der Waals surface area contributed by atoms with Crippen LogP contribution in [-0.4, -0.2) is 18.5 Å². The molecular weight excluding hydrogens is 550 g/mol. The molecule has 1 aliphatic rings. The normalized spacial score (nSPS) is 14.2. The quantitative estimate of drug-likeness (QED) is 0.230. The van der Waals surface area contributed by atoms with Crippen molar-refractivity contribution in [2.24, 2.45) is 4.99 Å². The third-order valence-electron chi connectivity index (χ3n) is 4.83. The number of carbonyl (C=O) groups excluding carboxylic acids is 1. The van der Waals surface area contributed by atoms with E-state index in [-0.39, 0.29) is 5.70 Å². The van der Waals surface area contributed by atoms with Gasteiger partial charge in [-0.3, -0.25) is 0 Å². The molecule has 0 atom stereocenters. The molecule has 0 unspecified atom stereocenters. The highest BCUT2D eigenvalue weighted by Crippen LogP contribution is 2.38. The maximum atomic E-state index is 12.4. The first-order valence-electron chi connectivity index (χ1n) is 10.4. The second-order valence-electron chi connectivity index (χ2n) is 7.38. The molecule has 7 heteroatoms. The number of hydrogen-bond acceptors (Lipinski definition) is 5. The summed E-state index contributed by atoms with van der Waals surface area (Å²) in [5.74, 6) is 0.971. The molecule has 0 saturated heterocycles. The Morgan fingerprint density at radius 3 is 2.55 bits per heavy atom. The molecule has 0 saturated carbocycles. The fraction of sp³-hybridized carbons (Fsp3) is 0.154. The van der Waals surface area contributed by atoms with Crippen LogP contribution in [0.25, 0.3) is 6.08 Å². The Balaban J connectivity index is 1.61. The van der Waals surface area contributed by atoms with Crippen LogP contribution in [0.5, 0.6) is 11.5 Å². The maximum absolute atomic E-state index is 12.4. The zero-order valence-corrected chi connectivity index (χ0v) is 21.3. The Kier molecular flexibility index (Phi) is 7.30. The lowest BCUT2D eigenvalue weighted by atomic mass is 10.1. The molecule has 0 bridgehead atoms. The zero-order valence-electron chi connectivity index (χ0n) is 18.1. The van der Waals surface area contributed by atoms with Gasteiger partial charge in [0.15, 0.2) is 17.2 Å². The van der Waals surface area contributed by atoms with Crippen molar-refractivity contribution in [3.63, 3.8) is 0 Å². The van der Waals surface area contributed by atoms with E-state index in [1.54, 1.807) is 6.08 Å². The van der Waals surface area contributed by atoms with E-state index >= 15 is 0 Å². The van der Waals surface area contributed by atoms with Crippen LogP contribution < -0.4 is 9.47 Å². The number of aliphatic imine (C=N–C) groups is 1. The van der Waals surface area contributed by atoms with Gasteiger partial charge in [-0.05, 0) is 83.4 Å². The number of aryl methyl sites for hydroxylation is 1. The second-order valence-corrected chi connectivity index (χ2v) is 9.15. The highest BCUT2D eigenvalue weighted by Gasteiger charge is 2.24. The van der Waals surface area contributed by atoms with Crippen molar-refractivity contribution in [1.29, 1.82) is 0 Å². The minimum absolute atomic E-state index is 0.225. The minimum Gasteiger partial charge on any atom is -0.490 e. The van der Waals surface area contributed by atoms with Gasteiger partial charge in [0, 0.05) is 10.0 Å². The first-order chi connectivity index (χ1) is 15.9. The van der Waals surface area contributed by atoms with E-state index in [2.05, 4.69) is 36.9 Å². The summed E-state index contributed by atoms with van der Waals surface area (Å²) in [5, 5.41) is 0. The van der Waals surface area contributed by atoms with Gasteiger partial charge in [-0.2, -0.15) is 0 Å². The van der Waals surface area contributed by atoms with Crippen LogP contribution in [0.15, 0.2) is 80.3 Å². The van der Waals surface area contributed by atoms with Gasteiger partial charge in [-0.15, -0.1) is 0 Å². The first kappa shape index (κ1) is 23.3. The fourth-order valence-corrected chi connectivity index (χ4v) is 4.26. The molecule has 0 N–H and O–H groups in total. The predicted molar refractivity (Wildman–Crippen MR) is 136 cm³/mol. The van der Waals surface area contributed by atoms with E-state index in [0.29, 0.717) is 35.1 Å². The number of esters is 1. The number of cyclic esters (lactones) is 1. The van der Waals surface area contributed by atoms with Crippen LogP contribution in [-0.2, 0) is 16.1 Å². The lowest BCUT2D eigenvalue weighted by Crippen LogP contribution is -2.05. The summed E-state index contributed by atoms with van der Waals surface area (Å²) in [6, 6.07) is 19.3. The second kappa shape index (κ2) is 10.4. The van der Waals surface area contributed by atoms with Gasteiger partial charge < -0.3 is 14.2 Å². The SMILES string of the molecule is CCOc1cc(/C=C2\N=C(c3ccc(C)cc3)OC2=O)cc(Br)c1OCc1cccc(Br)c1. The smallest absolute Gasteiger partial charge is 0.363 e. The van der Waals surface area contributed by atoms with Crippen molar-refractivity contribution in [1.82, 2.24) is 0 Å². The van der Waals surface area contributed by atoms with Gasteiger partial charge in [0.1, 0.15) is 6.61 Å². The lowest BCUT2D eigenvalue weighted by molar-refractivity contribution is -0.129. The summed E-state index contributed by atoms with van der Waals surface area (Å²) in [6.45, 7) is 4.76. The number of ether oxygens (including phenoxy) is 3. The Bertz CT molecular complexity index is 1250.